The predicted octanol–water partition coefficient (Wildman–Crippen LogP) is 2.88. The molecular weight excluding hydrogens is 499 g/mol. The lowest BCUT2D eigenvalue weighted by Crippen LogP contribution is -2.60. The normalized spacial score (nSPS) is 25.8. The zero-order valence-electron chi connectivity index (χ0n) is 19.7. The van der Waals surface area contributed by atoms with Crippen LogP contribution in [-0.2, 0) is 23.4 Å². The van der Waals surface area contributed by atoms with Crippen molar-refractivity contribution in [3.05, 3.63) is 52.6 Å². The minimum atomic E-state index is -5.19. The van der Waals surface area contributed by atoms with Crippen molar-refractivity contribution in [2.45, 2.75) is 75.7 Å². The van der Waals surface area contributed by atoms with E-state index < -0.39 is 17.7 Å². The van der Waals surface area contributed by atoms with E-state index in [0.29, 0.717) is 23.9 Å². The number of benzene rings is 1. The maximum Gasteiger partial charge on any atom is 0.430 e. The summed E-state index contributed by atoms with van der Waals surface area (Å²) < 4.78 is 33.6. The molecule has 3 aliphatic rings. The monoisotopic (exact) mass is 527 g/mol. The molecule has 36 heavy (non-hydrogen) atoms. The minimum absolute atomic E-state index is 0.0343. The Morgan fingerprint density at radius 1 is 1.14 bits per heavy atom. The first-order valence-corrected chi connectivity index (χ1v) is 12.6. The van der Waals surface area contributed by atoms with Crippen LogP contribution in [0.2, 0.25) is 5.15 Å². The number of imidazole rings is 1. The van der Waals surface area contributed by atoms with E-state index in [1.807, 2.05) is 35.2 Å². The van der Waals surface area contributed by atoms with Crippen molar-refractivity contribution in [2.24, 2.45) is 5.92 Å². The van der Waals surface area contributed by atoms with Gasteiger partial charge in [0.25, 0.3) is 0 Å². The number of fused-ring (bicyclic) bond motifs is 2. The van der Waals surface area contributed by atoms with Crippen molar-refractivity contribution in [1.29, 1.82) is 0 Å². The van der Waals surface area contributed by atoms with Crippen LogP contribution in [0.1, 0.15) is 66.8 Å². The van der Waals surface area contributed by atoms with Gasteiger partial charge in [0.15, 0.2) is 5.69 Å². The number of nitrogens with zero attached hydrogens (tertiary/aromatic N) is 2. The minimum Gasteiger partial charge on any atom is -0.542 e. The smallest absolute Gasteiger partial charge is 0.430 e. The number of carbonyl (C=O) groups excluding carboxylic acids is 2. The summed E-state index contributed by atoms with van der Waals surface area (Å²) in [6, 6.07) is 10.1. The highest BCUT2D eigenvalue weighted by Crippen LogP contribution is 2.47. The fourth-order valence-corrected chi connectivity index (χ4v) is 6.16. The molecule has 5 rings (SSSR count). The molecule has 0 radical (unpaired) electrons. The Labute approximate surface area is 211 Å². The fourth-order valence-electron chi connectivity index (χ4n) is 5.88. The van der Waals surface area contributed by atoms with Gasteiger partial charge in [-0.1, -0.05) is 43.2 Å². The number of H-pyrrole nitrogens is 1. The van der Waals surface area contributed by atoms with Crippen LogP contribution >= 0.6 is 11.6 Å². The molecule has 0 unspecified atom stereocenters. The summed E-state index contributed by atoms with van der Waals surface area (Å²) >= 11 is 6.42. The van der Waals surface area contributed by atoms with Crippen molar-refractivity contribution >= 4 is 23.5 Å². The van der Waals surface area contributed by atoms with E-state index >= 15 is 0 Å². The van der Waals surface area contributed by atoms with Crippen LogP contribution in [0.3, 0.4) is 0 Å². The number of aromatic amines is 1. The SMILES string of the molecule is O=C([O-])C(F)(F)F.O=C(c1[nH]c(Cl)c2[n+]1CCCC2)N1CC[C@](O)(c2ccccc2)[C@H]2CCCC[C@H]21. The summed E-state index contributed by atoms with van der Waals surface area (Å²) in [7, 11) is 0. The molecule has 1 aromatic heterocycles. The molecule has 2 N–H and O–H groups in total. The third-order valence-electron chi connectivity index (χ3n) is 7.57. The van der Waals surface area contributed by atoms with Gasteiger partial charge in [-0.05, 0) is 49.3 Å². The lowest BCUT2D eigenvalue weighted by Gasteiger charge is -2.52. The van der Waals surface area contributed by atoms with Crippen LogP contribution < -0.4 is 9.67 Å². The number of piperidine rings is 1. The van der Waals surface area contributed by atoms with Crippen molar-refractivity contribution in [2.75, 3.05) is 6.54 Å². The third kappa shape index (κ3) is 5.11. The lowest BCUT2D eigenvalue weighted by atomic mass is 9.66. The number of likely N-dealkylation sites (tertiary alicyclic amines) is 1. The predicted molar refractivity (Wildman–Crippen MR) is 122 cm³/mol. The Kier molecular flexibility index (Phi) is 7.66. The number of carboxylic acid groups (broad SMARTS) is 1. The van der Waals surface area contributed by atoms with Crippen molar-refractivity contribution in [3.63, 3.8) is 0 Å². The van der Waals surface area contributed by atoms with E-state index in [4.69, 9.17) is 21.5 Å². The van der Waals surface area contributed by atoms with Gasteiger partial charge in [-0.3, -0.25) is 4.79 Å². The number of hydrogen-bond donors (Lipinski definition) is 2. The number of amides is 1. The number of aromatic nitrogens is 2. The van der Waals surface area contributed by atoms with E-state index in [1.54, 1.807) is 0 Å². The van der Waals surface area contributed by atoms with Gasteiger partial charge in [0.1, 0.15) is 5.97 Å². The molecule has 3 atom stereocenters. The van der Waals surface area contributed by atoms with Gasteiger partial charge in [0.2, 0.25) is 5.15 Å². The second kappa shape index (κ2) is 10.4. The Bertz CT molecular complexity index is 1110. The molecule has 1 amide bonds. The number of alkyl halides is 3. The van der Waals surface area contributed by atoms with Gasteiger partial charge >= 0.3 is 17.9 Å². The van der Waals surface area contributed by atoms with Gasteiger partial charge < -0.3 is 19.9 Å². The van der Waals surface area contributed by atoms with E-state index in [9.17, 15) is 23.1 Å². The summed E-state index contributed by atoms with van der Waals surface area (Å²) in [5, 5.41) is 21.1. The molecule has 7 nitrogen and oxygen atoms in total. The quantitative estimate of drug-likeness (QED) is 0.587. The summed E-state index contributed by atoms with van der Waals surface area (Å²) in [6.07, 6.45) is 2.61. The van der Waals surface area contributed by atoms with E-state index in [0.717, 1.165) is 62.7 Å². The second-order valence-corrected chi connectivity index (χ2v) is 10.0. The van der Waals surface area contributed by atoms with Crippen LogP contribution in [0.5, 0.6) is 0 Å². The summed E-state index contributed by atoms with van der Waals surface area (Å²) in [5.41, 5.74) is 1.18. The highest BCUT2D eigenvalue weighted by molar-refractivity contribution is 6.30. The van der Waals surface area contributed by atoms with Crippen LogP contribution in [0.25, 0.3) is 0 Å². The van der Waals surface area contributed by atoms with Gasteiger partial charge in [-0.2, -0.15) is 13.2 Å². The van der Waals surface area contributed by atoms with Crippen LogP contribution in [0.4, 0.5) is 13.2 Å². The molecule has 1 aromatic carbocycles. The Morgan fingerprint density at radius 2 is 1.81 bits per heavy atom. The van der Waals surface area contributed by atoms with Crippen LogP contribution in [-0.4, -0.2) is 45.6 Å². The van der Waals surface area contributed by atoms with Gasteiger partial charge in [-0.15, -0.1) is 0 Å². The highest BCUT2D eigenvalue weighted by Gasteiger charge is 2.51. The maximum atomic E-state index is 13.6. The molecule has 1 aliphatic carbocycles. The molecule has 11 heteroatoms. The number of halogens is 4. The molecule has 3 heterocycles. The Morgan fingerprint density at radius 3 is 2.47 bits per heavy atom. The Hall–Kier alpha value is -2.59. The first-order chi connectivity index (χ1) is 17.0. The fraction of sp³-hybridized carbons (Fsp3) is 0.560. The molecule has 0 spiro atoms. The average molecular weight is 528 g/mol. The number of aliphatic carboxylic acids is 1. The highest BCUT2D eigenvalue weighted by atomic mass is 35.5. The van der Waals surface area contributed by atoms with Gasteiger partial charge in [0.05, 0.1) is 12.1 Å². The molecule has 2 fully saturated rings. The second-order valence-electron chi connectivity index (χ2n) is 9.63. The number of nitrogens with one attached hydrogen (secondary N) is 1. The largest absolute Gasteiger partial charge is 0.542 e. The van der Waals surface area contributed by atoms with Crippen molar-refractivity contribution in [3.8, 4) is 0 Å². The number of carboxylic acids is 1. The first kappa shape index (κ1) is 26.5. The third-order valence-corrected chi connectivity index (χ3v) is 7.88. The first-order valence-electron chi connectivity index (χ1n) is 12.2. The number of carbonyl (C=O) groups is 2. The average Bonchev–Trinajstić information content (AvgIpc) is 3.21. The standard InChI is InChI=1S/C23H28ClN3O2.C2HF3O2/c24-20-19-12-6-7-14-26(19)21(25-20)22(28)27-15-13-23(29,16-8-2-1-3-9-16)17-10-4-5-11-18(17)27;3-2(4,5)1(6)7/h1-3,8-9,17-18,29H,4-7,10-15H2;(H,6,7)/t17-,18+,23-;/m0./s1. The molecule has 0 bridgehead atoms. The number of hydrogen-bond acceptors (Lipinski definition) is 4. The molecule has 1 saturated carbocycles. The van der Waals surface area contributed by atoms with Crippen molar-refractivity contribution < 1.29 is 37.5 Å². The molecule has 196 valence electrons. The van der Waals surface area contributed by atoms with Gasteiger partial charge in [-0.25, -0.2) is 9.55 Å². The number of aliphatic hydroxyl groups is 1. The summed E-state index contributed by atoms with van der Waals surface area (Å²) in [5.74, 6) is -2.29. The van der Waals surface area contributed by atoms with E-state index in [2.05, 4.69) is 9.55 Å². The zero-order chi connectivity index (χ0) is 26.1. The maximum absolute atomic E-state index is 13.6. The molecular formula is C25H29ClF3N3O4. The summed E-state index contributed by atoms with van der Waals surface area (Å²) in [6.45, 7) is 1.41. The van der Waals surface area contributed by atoms with Gasteiger partial charge in [0, 0.05) is 24.9 Å². The lowest BCUT2D eigenvalue weighted by molar-refractivity contribution is -0.709. The van der Waals surface area contributed by atoms with Crippen molar-refractivity contribution in [1.82, 2.24) is 9.88 Å². The Balaban J connectivity index is 0.000000384. The molecule has 1 saturated heterocycles. The molecule has 2 aromatic rings. The van der Waals surface area contributed by atoms with E-state index in [-0.39, 0.29) is 17.9 Å². The topological polar surface area (TPSA) is 100 Å². The molecule has 2 aliphatic heterocycles. The number of rotatable bonds is 2. The van der Waals surface area contributed by atoms with Crippen LogP contribution in [0, 0.1) is 5.92 Å². The van der Waals surface area contributed by atoms with E-state index in [1.165, 1.54) is 0 Å². The van der Waals surface area contributed by atoms with Crippen LogP contribution in [0.15, 0.2) is 30.3 Å². The zero-order valence-corrected chi connectivity index (χ0v) is 20.4. The summed E-state index contributed by atoms with van der Waals surface area (Å²) in [4.78, 5) is 27.6.